The summed E-state index contributed by atoms with van der Waals surface area (Å²) in [5.41, 5.74) is 4.77. The third kappa shape index (κ3) is 4.17. The maximum Gasteiger partial charge on any atom is 0.292 e. The standard InChI is InChI=1S/C22H27N7O/c1-14-6-4-7-18(26-14)19-8-5-11-29(19)22(30)21-27-16(3)15(2)20(28-21)23-10-9-17-12-24-25-13-17/h4,6-7,12-13,19H,5,8-11H2,1-3H3,(H,24,25)(H,23,27,28)/t19-/m1/s1. The van der Waals surface area contributed by atoms with E-state index in [1.54, 1.807) is 0 Å². The molecule has 8 nitrogen and oxygen atoms in total. The molecular weight excluding hydrogens is 378 g/mol. The molecule has 1 atom stereocenters. The summed E-state index contributed by atoms with van der Waals surface area (Å²) in [6.07, 6.45) is 6.36. The van der Waals surface area contributed by atoms with Crippen molar-refractivity contribution in [1.82, 2.24) is 30.0 Å². The van der Waals surface area contributed by atoms with Gasteiger partial charge >= 0.3 is 0 Å². The number of carbonyl (C=O) groups is 1. The van der Waals surface area contributed by atoms with Crippen LogP contribution in [0.2, 0.25) is 0 Å². The van der Waals surface area contributed by atoms with Gasteiger partial charge in [0.15, 0.2) is 0 Å². The number of amides is 1. The topological polar surface area (TPSA) is 99.7 Å². The maximum atomic E-state index is 13.3. The van der Waals surface area contributed by atoms with Crippen LogP contribution in [0.15, 0.2) is 30.6 Å². The van der Waals surface area contributed by atoms with Gasteiger partial charge in [0, 0.05) is 36.2 Å². The van der Waals surface area contributed by atoms with E-state index < -0.39 is 0 Å². The van der Waals surface area contributed by atoms with Crippen LogP contribution in [0.25, 0.3) is 0 Å². The molecule has 1 aliphatic rings. The summed E-state index contributed by atoms with van der Waals surface area (Å²) < 4.78 is 0. The molecule has 0 bridgehead atoms. The highest BCUT2D eigenvalue weighted by molar-refractivity contribution is 5.91. The number of pyridine rings is 1. The molecule has 0 aromatic carbocycles. The van der Waals surface area contributed by atoms with Crippen molar-refractivity contribution in [1.29, 1.82) is 0 Å². The third-order valence-corrected chi connectivity index (χ3v) is 5.61. The van der Waals surface area contributed by atoms with Gasteiger partial charge in [-0.05, 0) is 57.7 Å². The lowest BCUT2D eigenvalue weighted by Crippen LogP contribution is -2.33. The third-order valence-electron chi connectivity index (χ3n) is 5.61. The van der Waals surface area contributed by atoms with Crippen LogP contribution in [0, 0.1) is 20.8 Å². The molecule has 0 radical (unpaired) electrons. The van der Waals surface area contributed by atoms with Crippen molar-refractivity contribution in [2.24, 2.45) is 0 Å². The number of carbonyl (C=O) groups excluding carboxylic acids is 1. The summed E-state index contributed by atoms with van der Waals surface area (Å²) in [6, 6.07) is 5.93. The first-order valence-corrected chi connectivity index (χ1v) is 10.3. The fourth-order valence-corrected chi connectivity index (χ4v) is 3.83. The number of aromatic nitrogens is 5. The van der Waals surface area contributed by atoms with Gasteiger partial charge in [0.05, 0.1) is 17.9 Å². The summed E-state index contributed by atoms with van der Waals surface area (Å²) in [5, 5.41) is 10.1. The molecule has 0 unspecified atom stereocenters. The van der Waals surface area contributed by atoms with Gasteiger partial charge in [-0.3, -0.25) is 14.9 Å². The molecule has 1 fully saturated rings. The Morgan fingerprint density at radius 3 is 2.87 bits per heavy atom. The van der Waals surface area contributed by atoms with Crippen LogP contribution < -0.4 is 5.32 Å². The number of rotatable bonds is 6. The van der Waals surface area contributed by atoms with Crippen LogP contribution in [0.1, 0.15) is 57.7 Å². The highest BCUT2D eigenvalue weighted by atomic mass is 16.2. The predicted octanol–water partition coefficient (Wildman–Crippen LogP) is 3.15. The molecule has 156 valence electrons. The molecule has 8 heteroatoms. The Hall–Kier alpha value is -3.29. The lowest BCUT2D eigenvalue weighted by molar-refractivity contribution is 0.0720. The first-order valence-electron chi connectivity index (χ1n) is 10.3. The number of hydrogen-bond acceptors (Lipinski definition) is 6. The highest BCUT2D eigenvalue weighted by Crippen LogP contribution is 2.32. The number of hydrogen-bond donors (Lipinski definition) is 2. The minimum atomic E-state index is -0.137. The Morgan fingerprint density at radius 2 is 2.10 bits per heavy atom. The van der Waals surface area contributed by atoms with Crippen molar-refractivity contribution < 1.29 is 4.79 Å². The molecule has 0 spiro atoms. The van der Waals surface area contributed by atoms with Crippen LogP contribution in [0.5, 0.6) is 0 Å². The average molecular weight is 406 g/mol. The van der Waals surface area contributed by atoms with Crippen molar-refractivity contribution in [2.75, 3.05) is 18.4 Å². The number of anilines is 1. The van der Waals surface area contributed by atoms with E-state index in [0.29, 0.717) is 18.9 Å². The molecule has 3 aromatic heterocycles. The number of aromatic amines is 1. The van der Waals surface area contributed by atoms with E-state index in [1.807, 2.05) is 56.3 Å². The number of H-pyrrole nitrogens is 1. The van der Waals surface area contributed by atoms with Gasteiger partial charge < -0.3 is 10.2 Å². The molecular formula is C22H27N7O. The SMILES string of the molecule is Cc1cccc([C@H]2CCCN2C(=O)c2nc(C)c(C)c(NCCc3cn[nH]c3)n2)n1. The average Bonchev–Trinajstić information content (AvgIpc) is 3.42. The molecule has 30 heavy (non-hydrogen) atoms. The van der Waals surface area contributed by atoms with Gasteiger partial charge in [-0.1, -0.05) is 6.07 Å². The van der Waals surface area contributed by atoms with Crippen LogP contribution in [0.3, 0.4) is 0 Å². The largest absolute Gasteiger partial charge is 0.369 e. The zero-order valence-corrected chi connectivity index (χ0v) is 17.6. The van der Waals surface area contributed by atoms with Crippen molar-refractivity contribution in [3.8, 4) is 0 Å². The van der Waals surface area contributed by atoms with E-state index >= 15 is 0 Å². The minimum absolute atomic E-state index is 0.0277. The highest BCUT2D eigenvalue weighted by Gasteiger charge is 2.33. The zero-order valence-electron chi connectivity index (χ0n) is 17.6. The molecule has 4 rings (SSSR count). The van der Waals surface area contributed by atoms with Crippen LogP contribution in [-0.2, 0) is 6.42 Å². The van der Waals surface area contributed by atoms with Crippen molar-refractivity contribution in [3.05, 3.63) is 64.6 Å². The van der Waals surface area contributed by atoms with E-state index in [1.165, 1.54) is 0 Å². The lowest BCUT2D eigenvalue weighted by atomic mass is 10.1. The first kappa shape index (κ1) is 20.0. The predicted molar refractivity (Wildman–Crippen MR) is 114 cm³/mol. The number of nitrogens with one attached hydrogen (secondary N) is 2. The Balaban J connectivity index is 1.53. The Bertz CT molecular complexity index is 1030. The van der Waals surface area contributed by atoms with Crippen molar-refractivity contribution in [2.45, 2.75) is 46.1 Å². The van der Waals surface area contributed by atoms with Crippen LogP contribution in [-0.4, -0.2) is 49.0 Å². The van der Waals surface area contributed by atoms with Gasteiger partial charge in [0.25, 0.3) is 5.91 Å². The molecule has 3 aromatic rings. The Kier molecular flexibility index (Phi) is 5.74. The smallest absolute Gasteiger partial charge is 0.292 e. The van der Waals surface area contributed by atoms with E-state index in [0.717, 1.165) is 47.5 Å². The normalized spacial score (nSPS) is 16.1. The fraction of sp³-hybridized carbons (Fsp3) is 0.409. The number of likely N-dealkylation sites (tertiary alicyclic amines) is 1. The Morgan fingerprint density at radius 1 is 1.23 bits per heavy atom. The molecule has 1 saturated heterocycles. The zero-order chi connectivity index (χ0) is 21.1. The molecule has 0 aliphatic carbocycles. The summed E-state index contributed by atoms with van der Waals surface area (Å²) in [4.78, 5) is 28.9. The lowest BCUT2D eigenvalue weighted by Gasteiger charge is -2.24. The molecule has 2 N–H and O–H groups in total. The van der Waals surface area contributed by atoms with Crippen molar-refractivity contribution >= 4 is 11.7 Å². The second-order valence-electron chi connectivity index (χ2n) is 7.75. The fourth-order valence-electron chi connectivity index (χ4n) is 3.83. The van der Waals surface area contributed by atoms with Crippen LogP contribution in [0.4, 0.5) is 5.82 Å². The second kappa shape index (κ2) is 8.61. The summed E-state index contributed by atoms with van der Waals surface area (Å²) >= 11 is 0. The van der Waals surface area contributed by atoms with E-state index in [2.05, 4.69) is 30.5 Å². The molecule has 1 amide bonds. The van der Waals surface area contributed by atoms with Crippen LogP contribution >= 0.6 is 0 Å². The minimum Gasteiger partial charge on any atom is -0.369 e. The molecule has 4 heterocycles. The van der Waals surface area contributed by atoms with Gasteiger partial charge in [-0.15, -0.1) is 0 Å². The van der Waals surface area contributed by atoms with Gasteiger partial charge in [-0.25, -0.2) is 9.97 Å². The monoisotopic (exact) mass is 405 g/mol. The van der Waals surface area contributed by atoms with Crippen molar-refractivity contribution in [3.63, 3.8) is 0 Å². The van der Waals surface area contributed by atoms with E-state index in [9.17, 15) is 4.79 Å². The first-order chi connectivity index (χ1) is 14.5. The second-order valence-corrected chi connectivity index (χ2v) is 7.75. The Labute approximate surface area is 176 Å². The maximum absolute atomic E-state index is 13.3. The summed E-state index contributed by atoms with van der Waals surface area (Å²) in [5.74, 6) is 0.809. The number of aryl methyl sites for hydroxylation is 2. The summed E-state index contributed by atoms with van der Waals surface area (Å²) in [6.45, 7) is 7.25. The number of nitrogens with zero attached hydrogens (tertiary/aromatic N) is 5. The molecule has 0 saturated carbocycles. The molecule has 1 aliphatic heterocycles. The summed E-state index contributed by atoms with van der Waals surface area (Å²) in [7, 11) is 0. The van der Waals surface area contributed by atoms with E-state index in [4.69, 9.17) is 0 Å². The quantitative estimate of drug-likeness (QED) is 0.653. The van der Waals surface area contributed by atoms with E-state index in [-0.39, 0.29) is 17.8 Å². The van der Waals surface area contributed by atoms with Gasteiger partial charge in [0.1, 0.15) is 5.82 Å². The van der Waals surface area contributed by atoms with Gasteiger partial charge in [-0.2, -0.15) is 5.10 Å². The van der Waals surface area contributed by atoms with Gasteiger partial charge in [0.2, 0.25) is 5.82 Å².